The third kappa shape index (κ3) is 3.15. The van der Waals surface area contributed by atoms with Crippen LogP contribution in [0.4, 0.5) is 0 Å². The fraction of sp³-hybridized carbons (Fsp3) is 0.385. The van der Waals surface area contributed by atoms with Crippen molar-refractivity contribution in [3.63, 3.8) is 0 Å². The lowest BCUT2D eigenvalue weighted by Gasteiger charge is -2.12. The lowest BCUT2D eigenvalue weighted by atomic mass is 10.1. The quantitative estimate of drug-likeness (QED) is 0.827. The molecule has 1 atom stereocenters. The summed E-state index contributed by atoms with van der Waals surface area (Å²) in [4.78, 5) is 22.6. The number of carbonyl (C=O) groups is 2. The SMILES string of the molecule is CCC(NC(=O)Cc1ccc2c(c1)OCO2)C(=O)O. The third-order valence-corrected chi connectivity index (χ3v) is 2.84. The van der Waals surface area contributed by atoms with Crippen LogP contribution in [0.15, 0.2) is 18.2 Å². The van der Waals surface area contributed by atoms with Gasteiger partial charge in [0.1, 0.15) is 6.04 Å². The molecule has 1 heterocycles. The Hall–Kier alpha value is -2.24. The minimum absolute atomic E-state index is 0.112. The lowest BCUT2D eigenvalue weighted by molar-refractivity contribution is -0.141. The van der Waals surface area contributed by atoms with Gasteiger partial charge >= 0.3 is 5.97 Å². The molecule has 0 fully saturated rings. The van der Waals surface area contributed by atoms with Crippen LogP contribution in [0.25, 0.3) is 0 Å². The van der Waals surface area contributed by atoms with Crippen LogP contribution < -0.4 is 14.8 Å². The van der Waals surface area contributed by atoms with E-state index in [1.807, 2.05) is 0 Å². The molecule has 2 rings (SSSR count). The van der Waals surface area contributed by atoms with Crippen LogP contribution in [0.5, 0.6) is 11.5 Å². The van der Waals surface area contributed by atoms with E-state index in [1.54, 1.807) is 25.1 Å². The lowest BCUT2D eigenvalue weighted by Crippen LogP contribution is -2.40. The summed E-state index contributed by atoms with van der Waals surface area (Å²) in [6, 6.07) is 4.37. The summed E-state index contributed by atoms with van der Waals surface area (Å²) in [7, 11) is 0. The van der Waals surface area contributed by atoms with E-state index in [0.717, 1.165) is 5.56 Å². The number of nitrogens with one attached hydrogen (secondary N) is 1. The summed E-state index contributed by atoms with van der Waals surface area (Å²) in [5.74, 6) is -0.0913. The largest absolute Gasteiger partial charge is 0.480 e. The van der Waals surface area contributed by atoms with Crippen molar-refractivity contribution in [2.24, 2.45) is 0 Å². The monoisotopic (exact) mass is 265 g/mol. The summed E-state index contributed by atoms with van der Waals surface area (Å²) in [5.41, 5.74) is 0.752. The van der Waals surface area contributed by atoms with Gasteiger partial charge in [0.2, 0.25) is 12.7 Å². The minimum atomic E-state index is -1.03. The first-order valence-corrected chi connectivity index (χ1v) is 6.01. The Morgan fingerprint density at radius 2 is 2.11 bits per heavy atom. The topological polar surface area (TPSA) is 84.9 Å². The second-order valence-electron chi connectivity index (χ2n) is 4.23. The van der Waals surface area contributed by atoms with Crippen molar-refractivity contribution in [2.75, 3.05) is 6.79 Å². The van der Waals surface area contributed by atoms with Crippen molar-refractivity contribution in [2.45, 2.75) is 25.8 Å². The van der Waals surface area contributed by atoms with Crippen LogP contribution in [0.2, 0.25) is 0 Å². The van der Waals surface area contributed by atoms with Gasteiger partial charge < -0.3 is 19.9 Å². The molecule has 19 heavy (non-hydrogen) atoms. The number of hydrogen-bond donors (Lipinski definition) is 2. The number of carboxylic acid groups (broad SMARTS) is 1. The molecular weight excluding hydrogens is 250 g/mol. The first kappa shape index (κ1) is 13.2. The molecule has 0 bridgehead atoms. The number of benzene rings is 1. The van der Waals surface area contributed by atoms with Crippen LogP contribution in [0.1, 0.15) is 18.9 Å². The van der Waals surface area contributed by atoms with Gasteiger partial charge in [-0.1, -0.05) is 13.0 Å². The standard InChI is InChI=1S/C13H15NO5/c1-2-9(13(16)17)14-12(15)6-8-3-4-10-11(5-8)19-7-18-10/h3-5,9H,2,6-7H2,1H3,(H,14,15)(H,16,17). The van der Waals surface area contributed by atoms with Gasteiger partial charge in [0.15, 0.2) is 11.5 Å². The van der Waals surface area contributed by atoms with Crippen LogP contribution in [0, 0.1) is 0 Å². The van der Waals surface area contributed by atoms with Crippen molar-refractivity contribution in [3.05, 3.63) is 23.8 Å². The van der Waals surface area contributed by atoms with Crippen molar-refractivity contribution in [1.29, 1.82) is 0 Å². The van der Waals surface area contributed by atoms with Crippen LogP contribution in [-0.4, -0.2) is 29.8 Å². The minimum Gasteiger partial charge on any atom is -0.480 e. The first-order chi connectivity index (χ1) is 9.10. The molecule has 1 aliphatic rings. The number of carbonyl (C=O) groups excluding carboxylic acids is 1. The molecule has 1 amide bonds. The van der Waals surface area contributed by atoms with Crippen LogP contribution >= 0.6 is 0 Å². The molecule has 0 aromatic heterocycles. The van der Waals surface area contributed by atoms with E-state index in [4.69, 9.17) is 14.6 Å². The number of carboxylic acids is 1. The van der Waals surface area contributed by atoms with Gasteiger partial charge in [0.25, 0.3) is 0 Å². The summed E-state index contributed by atoms with van der Waals surface area (Å²) < 4.78 is 10.4. The van der Waals surface area contributed by atoms with Gasteiger partial charge in [-0.05, 0) is 24.1 Å². The Bertz CT molecular complexity index is 500. The second-order valence-corrected chi connectivity index (χ2v) is 4.23. The van der Waals surface area contributed by atoms with Crippen molar-refractivity contribution in [3.8, 4) is 11.5 Å². The molecule has 0 aliphatic carbocycles. The summed E-state index contributed by atoms with van der Waals surface area (Å²) in [6.45, 7) is 1.89. The number of amides is 1. The molecule has 6 heteroatoms. The molecule has 0 radical (unpaired) electrons. The Labute approximate surface area is 110 Å². The van der Waals surface area contributed by atoms with Gasteiger partial charge in [-0.2, -0.15) is 0 Å². The highest BCUT2D eigenvalue weighted by Crippen LogP contribution is 2.32. The maximum atomic E-state index is 11.7. The number of hydrogen-bond acceptors (Lipinski definition) is 4. The molecular formula is C13H15NO5. The van der Waals surface area contributed by atoms with Gasteiger partial charge in [-0.3, -0.25) is 4.79 Å². The van der Waals surface area contributed by atoms with Gasteiger partial charge in [0.05, 0.1) is 6.42 Å². The van der Waals surface area contributed by atoms with Crippen molar-refractivity contribution < 1.29 is 24.2 Å². The molecule has 0 saturated carbocycles. The summed E-state index contributed by atoms with van der Waals surface area (Å²) in [6.07, 6.45) is 0.461. The Kier molecular flexibility index (Phi) is 3.89. The predicted molar refractivity (Wildman–Crippen MR) is 66.1 cm³/mol. The van der Waals surface area contributed by atoms with Gasteiger partial charge in [0, 0.05) is 0 Å². The first-order valence-electron chi connectivity index (χ1n) is 6.01. The van der Waals surface area contributed by atoms with E-state index in [1.165, 1.54) is 0 Å². The van der Waals surface area contributed by atoms with E-state index in [0.29, 0.717) is 17.9 Å². The fourth-order valence-corrected chi connectivity index (χ4v) is 1.82. The highest BCUT2D eigenvalue weighted by molar-refractivity contribution is 5.84. The Balaban J connectivity index is 1.97. The molecule has 1 unspecified atom stereocenters. The zero-order chi connectivity index (χ0) is 13.8. The van der Waals surface area contributed by atoms with E-state index in [-0.39, 0.29) is 19.1 Å². The number of rotatable bonds is 5. The average Bonchev–Trinajstić information content (AvgIpc) is 2.82. The molecule has 0 spiro atoms. The maximum Gasteiger partial charge on any atom is 0.326 e. The Morgan fingerprint density at radius 1 is 1.37 bits per heavy atom. The zero-order valence-corrected chi connectivity index (χ0v) is 10.5. The molecule has 0 saturated heterocycles. The maximum absolute atomic E-state index is 11.7. The second kappa shape index (κ2) is 5.60. The third-order valence-electron chi connectivity index (χ3n) is 2.84. The van der Waals surface area contributed by atoms with E-state index >= 15 is 0 Å². The van der Waals surface area contributed by atoms with Crippen LogP contribution in [0.3, 0.4) is 0 Å². The molecule has 6 nitrogen and oxygen atoms in total. The van der Waals surface area contributed by atoms with Crippen LogP contribution in [-0.2, 0) is 16.0 Å². The van der Waals surface area contributed by atoms with E-state index < -0.39 is 12.0 Å². The smallest absolute Gasteiger partial charge is 0.326 e. The number of ether oxygens (including phenoxy) is 2. The van der Waals surface area contributed by atoms with E-state index in [9.17, 15) is 9.59 Å². The number of aliphatic carboxylic acids is 1. The normalized spacial score (nSPS) is 13.9. The zero-order valence-electron chi connectivity index (χ0n) is 10.5. The highest BCUT2D eigenvalue weighted by Gasteiger charge is 2.19. The van der Waals surface area contributed by atoms with Gasteiger partial charge in [-0.25, -0.2) is 4.79 Å². The van der Waals surface area contributed by atoms with E-state index in [2.05, 4.69) is 5.32 Å². The van der Waals surface area contributed by atoms with Crippen molar-refractivity contribution >= 4 is 11.9 Å². The van der Waals surface area contributed by atoms with Gasteiger partial charge in [-0.15, -0.1) is 0 Å². The number of fused-ring (bicyclic) bond motifs is 1. The Morgan fingerprint density at radius 3 is 2.79 bits per heavy atom. The summed E-state index contributed by atoms with van der Waals surface area (Å²) >= 11 is 0. The average molecular weight is 265 g/mol. The summed E-state index contributed by atoms with van der Waals surface area (Å²) in [5, 5.41) is 11.3. The molecule has 102 valence electrons. The van der Waals surface area contributed by atoms with Crippen molar-refractivity contribution in [1.82, 2.24) is 5.32 Å². The molecule has 1 aromatic carbocycles. The molecule has 1 aliphatic heterocycles. The molecule has 1 aromatic rings. The predicted octanol–water partition coefficient (Wildman–Crippen LogP) is 0.937. The fourth-order valence-electron chi connectivity index (χ4n) is 1.82. The molecule has 2 N–H and O–H groups in total. The highest BCUT2D eigenvalue weighted by atomic mass is 16.7.